The number of rotatable bonds is 4. The molecule has 0 aliphatic heterocycles. The molecule has 0 aliphatic carbocycles. The average molecular weight is 308 g/mol. The first-order valence-corrected chi connectivity index (χ1v) is 6.20. The van der Waals surface area contributed by atoms with Crippen LogP contribution in [0.4, 0.5) is 11.4 Å². The first-order valence-electron chi connectivity index (χ1n) is 5.83. The van der Waals surface area contributed by atoms with E-state index in [-0.39, 0.29) is 17.3 Å². The van der Waals surface area contributed by atoms with E-state index in [1.807, 2.05) is 0 Å². The van der Waals surface area contributed by atoms with Gasteiger partial charge in [0.05, 0.1) is 11.5 Å². The Bertz CT molecular complexity index is 688. The van der Waals surface area contributed by atoms with Gasteiger partial charge in [-0.25, -0.2) is 4.98 Å². The molecule has 7 nitrogen and oxygen atoms in total. The zero-order chi connectivity index (χ0) is 15.4. The monoisotopic (exact) mass is 307 g/mol. The number of amides is 1. The number of nitro groups is 1. The Morgan fingerprint density at radius 3 is 2.57 bits per heavy atom. The number of hydrogen-bond donors (Lipinski definition) is 2. The number of nitrogens with zero attached hydrogens (tertiary/aromatic N) is 2. The zero-order valence-corrected chi connectivity index (χ0v) is 11.4. The molecule has 0 bridgehead atoms. The molecule has 8 heteroatoms. The number of halogens is 1. The molecule has 1 aromatic carbocycles. The highest BCUT2D eigenvalue weighted by atomic mass is 35.5. The molecule has 2 N–H and O–H groups in total. The van der Waals surface area contributed by atoms with Crippen LogP contribution in [-0.4, -0.2) is 20.9 Å². The standard InChI is InChI=1S/C13H10ClN3O4/c14-12-11(17(20)21)10(5-6-15-12)13(19)16-9-3-1-8(7-18)2-4-9/h1-6,18H,7H2,(H,16,19). The Morgan fingerprint density at radius 1 is 1.33 bits per heavy atom. The average Bonchev–Trinajstić information content (AvgIpc) is 2.47. The molecular weight excluding hydrogens is 298 g/mol. The van der Waals surface area contributed by atoms with Gasteiger partial charge in [0.1, 0.15) is 5.56 Å². The maximum atomic E-state index is 12.1. The first-order chi connectivity index (χ1) is 10.0. The van der Waals surface area contributed by atoms with Gasteiger partial charge >= 0.3 is 5.69 Å². The predicted octanol–water partition coefficient (Wildman–Crippen LogP) is 2.39. The van der Waals surface area contributed by atoms with Gasteiger partial charge < -0.3 is 10.4 Å². The number of carbonyl (C=O) groups is 1. The summed E-state index contributed by atoms with van der Waals surface area (Å²) in [6.45, 7) is -0.111. The molecule has 1 heterocycles. The molecule has 2 aromatic rings. The predicted molar refractivity (Wildman–Crippen MR) is 76.2 cm³/mol. The zero-order valence-electron chi connectivity index (χ0n) is 10.6. The molecule has 1 amide bonds. The van der Waals surface area contributed by atoms with E-state index in [0.29, 0.717) is 11.3 Å². The summed E-state index contributed by atoms with van der Waals surface area (Å²) in [5.74, 6) is -0.664. The summed E-state index contributed by atoms with van der Waals surface area (Å²) in [6.07, 6.45) is 1.22. The van der Waals surface area contributed by atoms with Crippen LogP contribution < -0.4 is 5.32 Å². The smallest absolute Gasteiger partial charge is 0.319 e. The largest absolute Gasteiger partial charge is 0.392 e. The summed E-state index contributed by atoms with van der Waals surface area (Å²) in [5, 5.41) is 22.1. The number of anilines is 1. The minimum atomic E-state index is -0.751. The van der Waals surface area contributed by atoms with Crippen molar-refractivity contribution in [3.63, 3.8) is 0 Å². The number of hydrogen-bond acceptors (Lipinski definition) is 5. The van der Waals surface area contributed by atoms with Crippen LogP contribution in [0.15, 0.2) is 36.5 Å². The fraction of sp³-hybridized carbons (Fsp3) is 0.0769. The van der Waals surface area contributed by atoms with Gasteiger partial charge in [0.15, 0.2) is 0 Å². The van der Waals surface area contributed by atoms with Crippen molar-refractivity contribution in [2.45, 2.75) is 6.61 Å². The fourth-order valence-corrected chi connectivity index (χ4v) is 1.90. The van der Waals surface area contributed by atoms with Gasteiger partial charge in [0.25, 0.3) is 5.91 Å². The van der Waals surface area contributed by atoms with Crippen LogP contribution in [0.5, 0.6) is 0 Å². The maximum absolute atomic E-state index is 12.1. The lowest BCUT2D eigenvalue weighted by molar-refractivity contribution is -0.385. The van der Waals surface area contributed by atoms with Crippen molar-refractivity contribution in [2.24, 2.45) is 0 Å². The van der Waals surface area contributed by atoms with Crippen LogP contribution in [0.3, 0.4) is 0 Å². The van der Waals surface area contributed by atoms with E-state index in [2.05, 4.69) is 10.3 Å². The maximum Gasteiger partial charge on any atom is 0.319 e. The number of benzene rings is 1. The lowest BCUT2D eigenvalue weighted by Gasteiger charge is -2.06. The number of nitrogens with one attached hydrogen (secondary N) is 1. The molecule has 21 heavy (non-hydrogen) atoms. The lowest BCUT2D eigenvalue weighted by atomic mass is 10.2. The van der Waals surface area contributed by atoms with E-state index in [9.17, 15) is 14.9 Å². The van der Waals surface area contributed by atoms with Crippen molar-refractivity contribution in [3.05, 3.63) is 62.9 Å². The molecule has 0 spiro atoms. The third-order valence-electron chi connectivity index (χ3n) is 2.70. The van der Waals surface area contributed by atoms with E-state index in [0.717, 1.165) is 0 Å². The summed E-state index contributed by atoms with van der Waals surface area (Å²) in [5.41, 5.74) is 0.417. The highest BCUT2D eigenvalue weighted by Crippen LogP contribution is 2.26. The third-order valence-corrected chi connectivity index (χ3v) is 2.98. The molecule has 0 atom stereocenters. The molecule has 1 aromatic heterocycles. The van der Waals surface area contributed by atoms with Crippen molar-refractivity contribution in [1.29, 1.82) is 0 Å². The second-order valence-electron chi connectivity index (χ2n) is 4.06. The highest BCUT2D eigenvalue weighted by molar-refractivity contribution is 6.32. The molecule has 108 valence electrons. The number of aliphatic hydroxyl groups is 1. The van der Waals surface area contributed by atoms with Gasteiger partial charge in [-0.2, -0.15) is 0 Å². The summed E-state index contributed by atoms with van der Waals surface area (Å²) in [4.78, 5) is 25.9. The molecule has 0 fully saturated rings. The van der Waals surface area contributed by atoms with Gasteiger partial charge in [-0.1, -0.05) is 23.7 Å². The molecule has 0 radical (unpaired) electrons. The van der Waals surface area contributed by atoms with Gasteiger partial charge in [0.2, 0.25) is 5.15 Å². The Balaban J connectivity index is 2.28. The minimum Gasteiger partial charge on any atom is -0.392 e. The molecule has 0 unspecified atom stereocenters. The summed E-state index contributed by atoms with van der Waals surface area (Å²) < 4.78 is 0. The first kappa shape index (κ1) is 14.9. The Hall–Kier alpha value is -2.51. The van der Waals surface area contributed by atoms with Crippen LogP contribution in [-0.2, 0) is 6.61 Å². The normalized spacial score (nSPS) is 10.2. The van der Waals surface area contributed by atoms with Crippen LogP contribution >= 0.6 is 11.6 Å². The molecular formula is C13H10ClN3O4. The van der Waals surface area contributed by atoms with Gasteiger partial charge in [0, 0.05) is 11.9 Å². The van der Waals surface area contributed by atoms with Crippen molar-refractivity contribution in [3.8, 4) is 0 Å². The minimum absolute atomic E-state index is 0.111. The second kappa shape index (κ2) is 6.29. The van der Waals surface area contributed by atoms with Crippen LogP contribution in [0.1, 0.15) is 15.9 Å². The van der Waals surface area contributed by atoms with Crippen LogP contribution in [0, 0.1) is 10.1 Å². The molecule has 0 saturated heterocycles. The third kappa shape index (κ3) is 3.33. The van der Waals surface area contributed by atoms with E-state index in [1.165, 1.54) is 12.3 Å². The molecule has 0 saturated carbocycles. The van der Waals surface area contributed by atoms with E-state index >= 15 is 0 Å². The van der Waals surface area contributed by atoms with Crippen LogP contribution in [0.25, 0.3) is 0 Å². The van der Waals surface area contributed by atoms with Gasteiger partial charge in [-0.15, -0.1) is 0 Å². The Morgan fingerprint density at radius 2 is 2.00 bits per heavy atom. The van der Waals surface area contributed by atoms with Gasteiger partial charge in [-0.05, 0) is 23.8 Å². The Labute approximate surface area is 124 Å². The SMILES string of the molecule is O=C(Nc1ccc(CO)cc1)c1ccnc(Cl)c1[N+](=O)[O-]. The number of carbonyl (C=O) groups excluding carboxylic acids is 1. The van der Waals surface area contributed by atoms with Gasteiger partial charge in [-0.3, -0.25) is 14.9 Å². The van der Waals surface area contributed by atoms with Crippen molar-refractivity contribution < 1.29 is 14.8 Å². The van der Waals surface area contributed by atoms with E-state index < -0.39 is 16.5 Å². The molecule has 2 rings (SSSR count). The van der Waals surface area contributed by atoms with E-state index in [1.54, 1.807) is 24.3 Å². The fourth-order valence-electron chi connectivity index (χ4n) is 1.68. The second-order valence-corrected chi connectivity index (χ2v) is 4.42. The summed E-state index contributed by atoms with van der Waals surface area (Å²) in [6, 6.07) is 7.64. The Kier molecular flexibility index (Phi) is 4.46. The quantitative estimate of drug-likeness (QED) is 0.512. The number of pyridine rings is 1. The number of aliphatic hydroxyl groups excluding tert-OH is 1. The van der Waals surface area contributed by atoms with Crippen molar-refractivity contribution in [2.75, 3.05) is 5.32 Å². The lowest BCUT2D eigenvalue weighted by Crippen LogP contribution is -2.14. The van der Waals surface area contributed by atoms with Crippen LogP contribution in [0.2, 0.25) is 5.15 Å². The van der Waals surface area contributed by atoms with Crippen molar-refractivity contribution in [1.82, 2.24) is 4.98 Å². The summed E-state index contributed by atoms with van der Waals surface area (Å²) >= 11 is 5.65. The summed E-state index contributed by atoms with van der Waals surface area (Å²) in [7, 11) is 0. The van der Waals surface area contributed by atoms with Crippen molar-refractivity contribution >= 4 is 28.9 Å². The molecule has 0 aliphatic rings. The van der Waals surface area contributed by atoms with E-state index in [4.69, 9.17) is 16.7 Å². The highest BCUT2D eigenvalue weighted by Gasteiger charge is 2.24. The number of aromatic nitrogens is 1. The topological polar surface area (TPSA) is 105 Å².